The van der Waals surface area contributed by atoms with Gasteiger partial charge in [-0.1, -0.05) is 37.3 Å². The zero-order valence-corrected chi connectivity index (χ0v) is 17.7. The molecule has 156 valence electrons. The minimum absolute atomic E-state index is 0.227. The van der Waals surface area contributed by atoms with Gasteiger partial charge >= 0.3 is 0 Å². The molecule has 8 heteroatoms. The van der Waals surface area contributed by atoms with Crippen LogP contribution in [-0.4, -0.2) is 41.9 Å². The average Bonchev–Trinajstić information content (AvgIpc) is 3.37. The SMILES string of the molecule is CCCn1c(-n2cccn2)nc2c(NC(C)C)nc(NCCc3ccccc3)nc21. The van der Waals surface area contributed by atoms with E-state index in [2.05, 4.69) is 65.3 Å². The van der Waals surface area contributed by atoms with Crippen LogP contribution in [-0.2, 0) is 13.0 Å². The first-order chi connectivity index (χ1) is 14.7. The third kappa shape index (κ3) is 4.27. The summed E-state index contributed by atoms with van der Waals surface area (Å²) in [6.07, 6.45) is 5.52. The molecule has 0 unspecified atom stereocenters. The summed E-state index contributed by atoms with van der Waals surface area (Å²) in [6, 6.07) is 12.5. The van der Waals surface area contributed by atoms with E-state index in [9.17, 15) is 0 Å². The van der Waals surface area contributed by atoms with E-state index in [0.717, 1.165) is 48.9 Å². The minimum Gasteiger partial charge on any atom is -0.366 e. The summed E-state index contributed by atoms with van der Waals surface area (Å²) in [6.45, 7) is 7.88. The van der Waals surface area contributed by atoms with Gasteiger partial charge in [0.05, 0.1) is 0 Å². The Morgan fingerprint density at radius 3 is 2.57 bits per heavy atom. The molecule has 30 heavy (non-hydrogen) atoms. The van der Waals surface area contributed by atoms with Gasteiger partial charge in [0.2, 0.25) is 11.9 Å². The average molecular weight is 405 g/mol. The van der Waals surface area contributed by atoms with Gasteiger partial charge in [0.1, 0.15) is 0 Å². The lowest BCUT2D eigenvalue weighted by molar-refractivity contribution is 0.647. The van der Waals surface area contributed by atoms with Gasteiger partial charge in [0.25, 0.3) is 0 Å². The first-order valence-electron chi connectivity index (χ1n) is 10.5. The largest absolute Gasteiger partial charge is 0.366 e. The predicted molar refractivity (Wildman–Crippen MR) is 120 cm³/mol. The topological polar surface area (TPSA) is 85.5 Å². The van der Waals surface area contributed by atoms with E-state index in [-0.39, 0.29) is 6.04 Å². The Morgan fingerprint density at radius 1 is 1.03 bits per heavy atom. The maximum absolute atomic E-state index is 4.84. The van der Waals surface area contributed by atoms with Gasteiger partial charge in [0.15, 0.2) is 17.0 Å². The number of rotatable bonds is 9. The first kappa shape index (κ1) is 19.9. The van der Waals surface area contributed by atoms with E-state index in [4.69, 9.17) is 15.0 Å². The third-order valence-electron chi connectivity index (χ3n) is 4.70. The normalized spacial score (nSPS) is 11.3. The summed E-state index contributed by atoms with van der Waals surface area (Å²) in [5.74, 6) is 2.09. The summed E-state index contributed by atoms with van der Waals surface area (Å²) >= 11 is 0. The number of hydrogen-bond donors (Lipinski definition) is 2. The molecule has 0 aliphatic rings. The second kappa shape index (κ2) is 8.94. The molecule has 4 rings (SSSR count). The van der Waals surface area contributed by atoms with Crippen LogP contribution in [0.15, 0.2) is 48.8 Å². The molecule has 8 nitrogen and oxygen atoms in total. The number of benzene rings is 1. The van der Waals surface area contributed by atoms with Crippen LogP contribution < -0.4 is 10.6 Å². The number of imidazole rings is 1. The van der Waals surface area contributed by atoms with Crippen molar-refractivity contribution in [3.05, 3.63) is 54.4 Å². The van der Waals surface area contributed by atoms with Crippen LogP contribution in [0.4, 0.5) is 11.8 Å². The van der Waals surface area contributed by atoms with Crippen molar-refractivity contribution in [1.29, 1.82) is 0 Å². The van der Waals surface area contributed by atoms with Crippen LogP contribution in [0.5, 0.6) is 0 Å². The standard InChI is InChI=1S/C22H28N8/c1-4-14-29-20-18(26-22(29)30-15-8-12-24-30)19(25-16(2)3)27-21(28-20)23-13-11-17-9-6-5-7-10-17/h5-10,12,15-16H,4,11,13-14H2,1-3H3,(H2,23,25,27,28). The summed E-state index contributed by atoms with van der Waals surface area (Å²) in [5, 5.41) is 11.2. The van der Waals surface area contributed by atoms with Crippen LogP contribution in [0, 0.1) is 0 Å². The second-order valence-corrected chi connectivity index (χ2v) is 7.54. The minimum atomic E-state index is 0.227. The van der Waals surface area contributed by atoms with Crippen LogP contribution >= 0.6 is 0 Å². The van der Waals surface area contributed by atoms with Gasteiger partial charge < -0.3 is 10.6 Å². The number of aryl methyl sites for hydroxylation is 1. The lowest BCUT2D eigenvalue weighted by atomic mass is 10.1. The molecule has 4 aromatic rings. The smallest absolute Gasteiger partial charge is 0.233 e. The van der Waals surface area contributed by atoms with E-state index in [1.165, 1.54) is 5.56 Å². The molecule has 0 amide bonds. The molecule has 2 N–H and O–H groups in total. The highest BCUT2D eigenvalue weighted by atomic mass is 15.4. The highest BCUT2D eigenvalue weighted by molar-refractivity contribution is 5.86. The fourth-order valence-electron chi connectivity index (χ4n) is 3.40. The van der Waals surface area contributed by atoms with E-state index >= 15 is 0 Å². The summed E-state index contributed by atoms with van der Waals surface area (Å²) < 4.78 is 3.89. The van der Waals surface area contributed by atoms with E-state index in [0.29, 0.717) is 5.95 Å². The fraction of sp³-hybridized carbons (Fsp3) is 0.364. The first-order valence-corrected chi connectivity index (χ1v) is 10.5. The Labute approximate surface area is 176 Å². The summed E-state index contributed by atoms with van der Waals surface area (Å²) in [5.41, 5.74) is 2.85. The molecule has 0 bridgehead atoms. The van der Waals surface area contributed by atoms with Crippen LogP contribution in [0.2, 0.25) is 0 Å². The maximum Gasteiger partial charge on any atom is 0.233 e. The number of fused-ring (bicyclic) bond motifs is 1. The predicted octanol–water partition coefficient (Wildman–Crippen LogP) is 3.90. The monoisotopic (exact) mass is 404 g/mol. The molecule has 0 saturated carbocycles. The Morgan fingerprint density at radius 2 is 1.87 bits per heavy atom. The number of nitrogens with one attached hydrogen (secondary N) is 2. The van der Waals surface area contributed by atoms with Gasteiger partial charge in [0, 0.05) is 31.5 Å². The number of anilines is 2. The van der Waals surface area contributed by atoms with Gasteiger partial charge in [-0.25, -0.2) is 9.67 Å². The van der Waals surface area contributed by atoms with Crippen molar-refractivity contribution in [3.8, 4) is 5.95 Å². The number of aromatic nitrogens is 6. The highest BCUT2D eigenvalue weighted by Gasteiger charge is 2.19. The molecule has 0 radical (unpaired) electrons. The molecule has 0 atom stereocenters. The Hall–Kier alpha value is -3.42. The Balaban J connectivity index is 1.71. The van der Waals surface area contributed by atoms with Crippen LogP contribution in [0.25, 0.3) is 17.1 Å². The third-order valence-corrected chi connectivity index (χ3v) is 4.70. The molecule has 0 aliphatic heterocycles. The molecule has 0 spiro atoms. The lowest BCUT2D eigenvalue weighted by Crippen LogP contribution is -2.15. The van der Waals surface area contributed by atoms with E-state index in [1.807, 2.05) is 18.3 Å². The van der Waals surface area contributed by atoms with Gasteiger partial charge in [-0.05, 0) is 38.3 Å². The van der Waals surface area contributed by atoms with Gasteiger partial charge in [-0.2, -0.15) is 15.1 Å². The van der Waals surface area contributed by atoms with E-state index in [1.54, 1.807) is 10.9 Å². The quantitative estimate of drug-likeness (QED) is 0.440. The molecule has 0 saturated heterocycles. The number of nitrogens with zero attached hydrogens (tertiary/aromatic N) is 6. The van der Waals surface area contributed by atoms with Gasteiger partial charge in [-0.15, -0.1) is 0 Å². The molecule has 0 fully saturated rings. The molecule has 3 aromatic heterocycles. The lowest BCUT2D eigenvalue weighted by Gasteiger charge is -2.12. The van der Waals surface area contributed by atoms with E-state index < -0.39 is 0 Å². The van der Waals surface area contributed by atoms with Crippen molar-refractivity contribution >= 4 is 22.9 Å². The molecular formula is C22H28N8. The summed E-state index contributed by atoms with van der Waals surface area (Å²) in [7, 11) is 0. The van der Waals surface area contributed by atoms with Gasteiger partial charge in [-0.3, -0.25) is 4.57 Å². The molecule has 0 aliphatic carbocycles. The van der Waals surface area contributed by atoms with Crippen LogP contribution in [0.3, 0.4) is 0 Å². The van der Waals surface area contributed by atoms with Crippen molar-refractivity contribution in [2.24, 2.45) is 0 Å². The van der Waals surface area contributed by atoms with Crippen molar-refractivity contribution in [2.45, 2.75) is 46.2 Å². The number of hydrogen-bond acceptors (Lipinski definition) is 6. The maximum atomic E-state index is 4.84. The van der Waals surface area contributed by atoms with Crippen molar-refractivity contribution in [1.82, 2.24) is 29.3 Å². The Kier molecular flexibility index (Phi) is 5.92. The van der Waals surface area contributed by atoms with Crippen molar-refractivity contribution in [3.63, 3.8) is 0 Å². The molecule has 1 aromatic carbocycles. The second-order valence-electron chi connectivity index (χ2n) is 7.54. The zero-order chi connectivity index (χ0) is 20.9. The summed E-state index contributed by atoms with van der Waals surface area (Å²) in [4.78, 5) is 14.4. The Bertz CT molecular complexity index is 1080. The zero-order valence-electron chi connectivity index (χ0n) is 17.7. The fourth-order valence-corrected chi connectivity index (χ4v) is 3.40. The highest BCUT2D eigenvalue weighted by Crippen LogP contribution is 2.25. The van der Waals surface area contributed by atoms with Crippen molar-refractivity contribution in [2.75, 3.05) is 17.2 Å². The van der Waals surface area contributed by atoms with Crippen molar-refractivity contribution < 1.29 is 0 Å². The molecule has 3 heterocycles. The van der Waals surface area contributed by atoms with Crippen LogP contribution in [0.1, 0.15) is 32.8 Å². The molecular weight excluding hydrogens is 376 g/mol.